The third-order valence-corrected chi connectivity index (χ3v) is 5.96. The van der Waals surface area contributed by atoms with Crippen molar-refractivity contribution in [1.29, 1.82) is 0 Å². The molecule has 4 nitrogen and oxygen atoms in total. The second-order valence-electron chi connectivity index (χ2n) is 5.71. The van der Waals surface area contributed by atoms with E-state index in [2.05, 4.69) is 0 Å². The average molecular weight is 293 g/mol. The highest BCUT2D eigenvalue weighted by Gasteiger charge is 2.34. The van der Waals surface area contributed by atoms with Gasteiger partial charge >= 0.3 is 0 Å². The van der Waals surface area contributed by atoms with E-state index in [1.807, 2.05) is 19.1 Å². The number of aryl methyl sites for hydroxylation is 1. The molecule has 1 aromatic rings. The van der Waals surface area contributed by atoms with Crippen molar-refractivity contribution in [3.05, 3.63) is 41.6 Å². The fourth-order valence-corrected chi connectivity index (χ4v) is 4.40. The summed E-state index contributed by atoms with van der Waals surface area (Å²) in [6, 6.07) is 6.93. The molecule has 3 rings (SSSR count). The van der Waals surface area contributed by atoms with E-state index in [1.54, 1.807) is 18.3 Å². The van der Waals surface area contributed by atoms with Gasteiger partial charge in [0.2, 0.25) is 0 Å². The second kappa shape index (κ2) is 4.90. The number of fused-ring (bicyclic) bond motifs is 1. The molecule has 108 valence electrons. The number of hydrogen-bond acceptors (Lipinski definition) is 3. The van der Waals surface area contributed by atoms with E-state index in [0.717, 1.165) is 24.0 Å². The van der Waals surface area contributed by atoms with Gasteiger partial charge in [0.1, 0.15) is 0 Å². The first-order valence-electron chi connectivity index (χ1n) is 6.94. The van der Waals surface area contributed by atoms with Crippen LogP contribution < -0.4 is 0 Å². The van der Waals surface area contributed by atoms with Crippen molar-refractivity contribution >= 4 is 10.0 Å². The van der Waals surface area contributed by atoms with Crippen LogP contribution in [0.15, 0.2) is 40.9 Å². The van der Waals surface area contributed by atoms with Gasteiger partial charge in [0.05, 0.1) is 11.0 Å². The molecule has 20 heavy (non-hydrogen) atoms. The van der Waals surface area contributed by atoms with E-state index in [1.165, 1.54) is 4.31 Å². The molecule has 0 unspecified atom stereocenters. The molecule has 0 bridgehead atoms. The van der Waals surface area contributed by atoms with Crippen LogP contribution in [0.5, 0.6) is 0 Å². The smallest absolute Gasteiger partial charge is 0.263 e. The topological polar surface area (TPSA) is 57.6 Å². The third-order valence-electron chi connectivity index (χ3n) is 4.19. The summed E-state index contributed by atoms with van der Waals surface area (Å²) in [5.74, 6) is 0.356. The van der Waals surface area contributed by atoms with Crippen molar-refractivity contribution in [1.82, 2.24) is 4.31 Å². The van der Waals surface area contributed by atoms with Gasteiger partial charge in [0, 0.05) is 12.7 Å². The second-order valence-corrected chi connectivity index (χ2v) is 7.60. The fourth-order valence-electron chi connectivity index (χ4n) is 3.03. The Morgan fingerprint density at radius 3 is 2.65 bits per heavy atom. The van der Waals surface area contributed by atoms with E-state index < -0.39 is 10.0 Å². The lowest BCUT2D eigenvalue weighted by molar-refractivity contribution is 0.177. The maximum Gasteiger partial charge on any atom is 0.263 e. The van der Waals surface area contributed by atoms with Crippen molar-refractivity contribution in [3.8, 4) is 0 Å². The monoisotopic (exact) mass is 293 g/mol. The standard InChI is InChI=1S/C15H19NO3S/c1-11-2-4-15(5-3-11)20(18,19)16-7-6-12-8-14(17)9-13(12)10-16/h2-5,10,12,14,17H,6-9H2,1H3/t12-,14-/m0/s1. The lowest BCUT2D eigenvalue weighted by Gasteiger charge is -2.28. The van der Waals surface area contributed by atoms with Crippen LogP contribution in [0.2, 0.25) is 0 Å². The van der Waals surface area contributed by atoms with E-state index >= 15 is 0 Å². The average Bonchev–Trinajstić information content (AvgIpc) is 2.78. The molecule has 1 fully saturated rings. The van der Waals surface area contributed by atoms with Crippen LogP contribution in [0, 0.1) is 12.8 Å². The summed E-state index contributed by atoms with van der Waals surface area (Å²) >= 11 is 0. The Balaban J connectivity index is 1.91. The van der Waals surface area contributed by atoms with E-state index in [4.69, 9.17) is 0 Å². The minimum Gasteiger partial charge on any atom is -0.393 e. The summed E-state index contributed by atoms with van der Waals surface area (Å²) in [5.41, 5.74) is 2.11. The van der Waals surface area contributed by atoms with Crippen LogP contribution >= 0.6 is 0 Å². The molecule has 1 aliphatic heterocycles. The van der Waals surface area contributed by atoms with E-state index in [9.17, 15) is 13.5 Å². The first-order valence-corrected chi connectivity index (χ1v) is 8.38. The largest absolute Gasteiger partial charge is 0.393 e. The van der Waals surface area contributed by atoms with Gasteiger partial charge in [-0.15, -0.1) is 0 Å². The molecule has 1 N–H and O–H groups in total. The van der Waals surface area contributed by atoms with Crippen LogP contribution in [-0.4, -0.2) is 30.5 Å². The molecule has 0 aromatic heterocycles. The third kappa shape index (κ3) is 2.36. The molecular weight excluding hydrogens is 274 g/mol. The quantitative estimate of drug-likeness (QED) is 0.908. The summed E-state index contributed by atoms with van der Waals surface area (Å²) in [4.78, 5) is 0.331. The van der Waals surface area contributed by atoms with Crippen molar-refractivity contribution in [2.45, 2.75) is 37.2 Å². The first-order chi connectivity index (χ1) is 9.46. The zero-order valence-corrected chi connectivity index (χ0v) is 12.3. The zero-order valence-electron chi connectivity index (χ0n) is 11.5. The number of aliphatic hydroxyl groups is 1. The van der Waals surface area contributed by atoms with Gasteiger partial charge in [-0.2, -0.15) is 0 Å². The molecule has 2 aliphatic rings. The SMILES string of the molecule is Cc1ccc(S(=O)(=O)N2C=C3C[C@@H](O)C[C@@H]3CC2)cc1. The number of rotatable bonds is 2. The molecule has 0 amide bonds. The minimum atomic E-state index is -3.46. The Morgan fingerprint density at radius 1 is 1.25 bits per heavy atom. The predicted octanol–water partition coefficient (Wildman–Crippen LogP) is 2.04. The molecule has 0 saturated heterocycles. The van der Waals surface area contributed by atoms with Gasteiger partial charge in [-0.1, -0.05) is 17.7 Å². The Morgan fingerprint density at radius 2 is 1.95 bits per heavy atom. The van der Waals surface area contributed by atoms with Crippen molar-refractivity contribution in [3.63, 3.8) is 0 Å². The highest BCUT2D eigenvalue weighted by Crippen LogP contribution is 2.38. The fraction of sp³-hybridized carbons (Fsp3) is 0.467. The van der Waals surface area contributed by atoms with Crippen molar-refractivity contribution in [2.75, 3.05) is 6.54 Å². The Hall–Kier alpha value is -1.33. The lowest BCUT2D eigenvalue weighted by Crippen LogP contribution is -2.31. The summed E-state index contributed by atoms with van der Waals surface area (Å²) in [6.45, 7) is 2.43. The number of nitrogens with zero attached hydrogens (tertiary/aromatic N) is 1. The van der Waals surface area contributed by atoms with Crippen LogP contribution in [-0.2, 0) is 10.0 Å². The zero-order chi connectivity index (χ0) is 14.3. The number of hydrogen-bond donors (Lipinski definition) is 1. The maximum atomic E-state index is 12.6. The highest BCUT2D eigenvalue weighted by atomic mass is 32.2. The number of aliphatic hydroxyl groups excluding tert-OH is 1. The van der Waals surface area contributed by atoms with E-state index in [-0.39, 0.29) is 6.10 Å². The molecule has 1 saturated carbocycles. The van der Waals surface area contributed by atoms with Crippen LogP contribution in [0.3, 0.4) is 0 Å². The molecule has 5 heteroatoms. The Labute approximate surface area is 119 Å². The summed E-state index contributed by atoms with van der Waals surface area (Å²) in [7, 11) is -3.46. The molecule has 2 atom stereocenters. The minimum absolute atomic E-state index is 0.312. The van der Waals surface area contributed by atoms with Gasteiger partial charge in [-0.25, -0.2) is 8.42 Å². The molecule has 0 radical (unpaired) electrons. The summed E-state index contributed by atoms with van der Waals surface area (Å²) in [5, 5.41) is 9.69. The summed E-state index contributed by atoms with van der Waals surface area (Å²) in [6.07, 6.45) is 3.59. The normalized spacial score (nSPS) is 26.3. The van der Waals surface area contributed by atoms with Crippen LogP contribution in [0.4, 0.5) is 0 Å². The highest BCUT2D eigenvalue weighted by molar-refractivity contribution is 7.89. The molecule has 0 spiro atoms. The van der Waals surface area contributed by atoms with Gasteiger partial charge in [0.25, 0.3) is 10.0 Å². The molecular formula is C15H19NO3S. The first kappa shape index (κ1) is 13.6. The van der Waals surface area contributed by atoms with Gasteiger partial charge in [-0.3, -0.25) is 4.31 Å². The number of benzene rings is 1. The summed E-state index contributed by atoms with van der Waals surface area (Å²) < 4.78 is 26.6. The number of sulfonamides is 1. The molecule has 1 heterocycles. The maximum absolute atomic E-state index is 12.6. The van der Waals surface area contributed by atoms with Crippen LogP contribution in [0.25, 0.3) is 0 Å². The van der Waals surface area contributed by atoms with Gasteiger partial charge < -0.3 is 5.11 Å². The van der Waals surface area contributed by atoms with Crippen LogP contribution in [0.1, 0.15) is 24.8 Å². The Bertz CT molecular complexity index is 634. The van der Waals surface area contributed by atoms with E-state index in [0.29, 0.717) is 23.8 Å². The van der Waals surface area contributed by atoms with Gasteiger partial charge in [-0.05, 0) is 49.8 Å². The predicted molar refractivity (Wildman–Crippen MR) is 76.5 cm³/mol. The Kier molecular flexibility index (Phi) is 3.34. The molecule has 1 aromatic carbocycles. The van der Waals surface area contributed by atoms with Gasteiger partial charge in [0.15, 0.2) is 0 Å². The van der Waals surface area contributed by atoms with Crippen molar-refractivity contribution in [2.24, 2.45) is 5.92 Å². The lowest BCUT2D eigenvalue weighted by atomic mass is 9.97. The molecule has 1 aliphatic carbocycles. The van der Waals surface area contributed by atoms with Crippen molar-refractivity contribution < 1.29 is 13.5 Å².